The minimum absolute atomic E-state index is 0.290. The van der Waals surface area contributed by atoms with Crippen molar-refractivity contribution in [1.82, 2.24) is 10.3 Å². The van der Waals surface area contributed by atoms with E-state index in [0.29, 0.717) is 12.1 Å². The summed E-state index contributed by atoms with van der Waals surface area (Å²) in [6.07, 6.45) is 2.71. The van der Waals surface area contributed by atoms with Crippen molar-refractivity contribution >= 4 is 0 Å². The Morgan fingerprint density at radius 1 is 1.00 bits per heavy atom. The maximum absolute atomic E-state index is 13.6. The van der Waals surface area contributed by atoms with Crippen LogP contribution in [0, 0.1) is 5.82 Å². The average molecular weight is 322 g/mol. The molecule has 0 amide bonds. The molecule has 0 saturated heterocycles. The molecule has 1 heterocycles. The normalized spacial score (nSPS) is 12.1. The van der Waals surface area contributed by atoms with Crippen molar-refractivity contribution in [3.63, 3.8) is 0 Å². The van der Waals surface area contributed by atoms with Gasteiger partial charge in [0, 0.05) is 31.0 Å². The Kier molecular flexibility index (Phi) is 5.31. The van der Waals surface area contributed by atoms with Gasteiger partial charge >= 0.3 is 0 Å². The first-order chi connectivity index (χ1) is 11.7. The highest BCUT2D eigenvalue weighted by molar-refractivity contribution is 5.62. The summed E-state index contributed by atoms with van der Waals surface area (Å²) in [4.78, 5) is 4.13. The summed E-state index contributed by atoms with van der Waals surface area (Å²) in [6.45, 7) is 0.887. The van der Waals surface area contributed by atoms with E-state index in [1.807, 2.05) is 36.5 Å². The van der Waals surface area contributed by atoms with Gasteiger partial charge in [0.25, 0.3) is 0 Å². The quantitative estimate of drug-likeness (QED) is 0.727. The predicted octanol–water partition coefficient (Wildman–Crippen LogP) is 3.71. The fraction of sp³-hybridized carbons (Fsp3) is 0.150. The smallest absolute Gasteiger partial charge is 0.129 e. The second-order valence-electron chi connectivity index (χ2n) is 5.61. The Labute approximate surface area is 140 Å². The lowest BCUT2D eigenvalue weighted by atomic mass is 10.0. The highest BCUT2D eigenvalue weighted by Gasteiger charge is 2.11. The van der Waals surface area contributed by atoms with Crippen LogP contribution in [0.5, 0.6) is 0 Å². The number of aliphatic hydroxyl groups is 1. The zero-order chi connectivity index (χ0) is 16.8. The fourth-order valence-electron chi connectivity index (χ4n) is 2.60. The Morgan fingerprint density at radius 3 is 2.62 bits per heavy atom. The van der Waals surface area contributed by atoms with Gasteiger partial charge in [-0.15, -0.1) is 0 Å². The maximum Gasteiger partial charge on any atom is 0.129 e. The predicted molar refractivity (Wildman–Crippen MR) is 92.7 cm³/mol. The first-order valence-electron chi connectivity index (χ1n) is 7.86. The molecule has 0 aliphatic rings. The topological polar surface area (TPSA) is 45.1 Å². The van der Waals surface area contributed by atoms with E-state index >= 15 is 0 Å². The van der Waals surface area contributed by atoms with E-state index in [9.17, 15) is 9.50 Å². The van der Waals surface area contributed by atoms with Crippen LogP contribution in [-0.2, 0) is 6.54 Å². The average Bonchev–Trinajstić information content (AvgIpc) is 2.63. The summed E-state index contributed by atoms with van der Waals surface area (Å²) >= 11 is 0. The minimum Gasteiger partial charge on any atom is -0.387 e. The molecule has 2 aromatic carbocycles. The fourth-order valence-corrected chi connectivity index (χ4v) is 2.60. The standard InChI is InChI=1S/C20H19FN2O/c21-19-9-2-1-8-18(19)20(24)14-23-12-15-5-3-6-16(11-15)17-7-4-10-22-13-17/h1-11,13,20,23-24H,12,14H2. The van der Waals surface area contributed by atoms with Crippen LogP contribution in [0.15, 0.2) is 73.1 Å². The van der Waals surface area contributed by atoms with E-state index in [-0.39, 0.29) is 12.4 Å². The third kappa shape index (κ3) is 4.04. The van der Waals surface area contributed by atoms with Crippen molar-refractivity contribution in [1.29, 1.82) is 0 Å². The molecular weight excluding hydrogens is 303 g/mol. The summed E-state index contributed by atoms with van der Waals surface area (Å²) in [5.41, 5.74) is 3.56. The number of halogens is 1. The lowest BCUT2D eigenvalue weighted by molar-refractivity contribution is 0.169. The lowest BCUT2D eigenvalue weighted by Crippen LogP contribution is -2.21. The molecule has 0 bridgehead atoms. The van der Waals surface area contributed by atoms with E-state index in [0.717, 1.165) is 16.7 Å². The van der Waals surface area contributed by atoms with Crippen LogP contribution in [-0.4, -0.2) is 16.6 Å². The largest absolute Gasteiger partial charge is 0.387 e. The molecule has 3 nitrogen and oxygen atoms in total. The van der Waals surface area contributed by atoms with Gasteiger partial charge in [0.05, 0.1) is 6.10 Å². The first kappa shape index (κ1) is 16.3. The molecule has 1 atom stereocenters. The summed E-state index contributed by atoms with van der Waals surface area (Å²) < 4.78 is 13.6. The van der Waals surface area contributed by atoms with Gasteiger partial charge in [0.2, 0.25) is 0 Å². The van der Waals surface area contributed by atoms with Crippen molar-refractivity contribution in [2.24, 2.45) is 0 Å². The molecule has 4 heteroatoms. The second-order valence-corrected chi connectivity index (χ2v) is 5.61. The number of hydrogen-bond donors (Lipinski definition) is 2. The van der Waals surface area contributed by atoms with Crippen LogP contribution in [0.1, 0.15) is 17.2 Å². The van der Waals surface area contributed by atoms with Crippen molar-refractivity contribution in [2.45, 2.75) is 12.6 Å². The number of pyridine rings is 1. The monoisotopic (exact) mass is 322 g/mol. The van der Waals surface area contributed by atoms with E-state index in [1.165, 1.54) is 6.07 Å². The molecule has 0 radical (unpaired) electrons. The van der Waals surface area contributed by atoms with Gasteiger partial charge in [-0.05, 0) is 34.9 Å². The van der Waals surface area contributed by atoms with Crippen LogP contribution in [0.2, 0.25) is 0 Å². The Morgan fingerprint density at radius 2 is 1.83 bits per heavy atom. The van der Waals surface area contributed by atoms with Gasteiger partial charge in [-0.1, -0.05) is 42.5 Å². The Bertz CT molecular complexity index is 792. The van der Waals surface area contributed by atoms with E-state index in [2.05, 4.69) is 16.4 Å². The zero-order valence-electron chi connectivity index (χ0n) is 13.2. The molecule has 0 fully saturated rings. The number of benzene rings is 2. The molecule has 0 spiro atoms. The third-order valence-corrected chi connectivity index (χ3v) is 3.85. The van der Waals surface area contributed by atoms with E-state index in [4.69, 9.17) is 0 Å². The number of aromatic nitrogens is 1. The summed E-state index contributed by atoms with van der Waals surface area (Å²) in [5.74, 6) is -0.384. The molecule has 0 saturated carbocycles. The van der Waals surface area contributed by atoms with Crippen LogP contribution in [0.3, 0.4) is 0 Å². The van der Waals surface area contributed by atoms with Gasteiger partial charge in [-0.2, -0.15) is 0 Å². The van der Waals surface area contributed by atoms with E-state index in [1.54, 1.807) is 24.4 Å². The van der Waals surface area contributed by atoms with Crippen molar-refractivity contribution in [3.8, 4) is 11.1 Å². The maximum atomic E-state index is 13.6. The highest BCUT2D eigenvalue weighted by Crippen LogP contribution is 2.19. The van der Waals surface area contributed by atoms with Crippen LogP contribution < -0.4 is 5.32 Å². The zero-order valence-corrected chi connectivity index (χ0v) is 13.2. The Hall–Kier alpha value is -2.56. The lowest BCUT2D eigenvalue weighted by Gasteiger charge is -2.13. The van der Waals surface area contributed by atoms with E-state index < -0.39 is 6.10 Å². The molecule has 1 unspecified atom stereocenters. The van der Waals surface area contributed by atoms with Gasteiger partial charge in [-0.25, -0.2) is 4.39 Å². The number of nitrogens with one attached hydrogen (secondary N) is 1. The minimum atomic E-state index is -0.868. The molecule has 1 aromatic heterocycles. The van der Waals surface area contributed by atoms with Gasteiger partial charge < -0.3 is 10.4 Å². The summed E-state index contributed by atoms with van der Waals surface area (Å²) in [5, 5.41) is 13.3. The second kappa shape index (κ2) is 7.81. The van der Waals surface area contributed by atoms with Crippen LogP contribution in [0.25, 0.3) is 11.1 Å². The third-order valence-electron chi connectivity index (χ3n) is 3.85. The van der Waals surface area contributed by atoms with Crippen molar-refractivity contribution in [3.05, 3.63) is 90.0 Å². The number of aliphatic hydroxyl groups excluding tert-OH is 1. The van der Waals surface area contributed by atoms with Crippen molar-refractivity contribution in [2.75, 3.05) is 6.54 Å². The molecule has 3 aromatic rings. The van der Waals surface area contributed by atoms with Gasteiger partial charge in [0.1, 0.15) is 5.82 Å². The molecule has 0 aliphatic heterocycles. The molecule has 24 heavy (non-hydrogen) atoms. The molecule has 122 valence electrons. The SMILES string of the molecule is OC(CNCc1cccc(-c2cccnc2)c1)c1ccccc1F. The molecular formula is C20H19FN2O. The number of hydrogen-bond acceptors (Lipinski definition) is 3. The summed E-state index contributed by atoms with van der Waals surface area (Å²) in [7, 11) is 0. The summed E-state index contributed by atoms with van der Waals surface area (Å²) in [6, 6.07) is 18.3. The molecule has 0 aliphatic carbocycles. The molecule has 2 N–H and O–H groups in total. The first-order valence-corrected chi connectivity index (χ1v) is 7.86. The number of nitrogens with zero attached hydrogens (tertiary/aromatic N) is 1. The van der Waals surface area contributed by atoms with Crippen LogP contribution >= 0.6 is 0 Å². The molecule has 3 rings (SSSR count). The van der Waals surface area contributed by atoms with Crippen molar-refractivity contribution < 1.29 is 9.50 Å². The van der Waals surface area contributed by atoms with Gasteiger partial charge in [0.15, 0.2) is 0 Å². The number of rotatable bonds is 6. The van der Waals surface area contributed by atoms with Crippen LogP contribution in [0.4, 0.5) is 4.39 Å². The highest BCUT2D eigenvalue weighted by atomic mass is 19.1. The van der Waals surface area contributed by atoms with Gasteiger partial charge in [-0.3, -0.25) is 4.98 Å². The Balaban J connectivity index is 1.60.